The Labute approximate surface area is 211 Å². The highest BCUT2D eigenvalue weighted by Gasteiger charge is 2.27. The van der Waals surface area contributed by atoms with Crippen molar-refractivity contribution in [1.82, 2.24) is 9.88 Å². The molecule has 0 saturated heterocycles. The van der Waals surface area contributed by atoms with Gasteiger partial charge in [0.25, 0.3) is 5.91 Å². The number of thiazole rings is 1. The first kappa shape index (κ1) is 25.6. The molecule has 180 valence electrons. The fraction of sp³-hybridized carbons (Fsp3) is 0.261. The van der Waals surface area contributed by atoms with Gasteiger partial charge in [0.15, 0.2) is 11.5 Å². The van der Waals surface area contributed by atoms with Gasteiger partial charge in [-0.15, -0.1) is 0 Å². The summed E-state index contributed by atoms with van der Waals surface area (Å²) in [6.07, 6.45) is 0.899. The number of anilines is 2. The van der Waals surface area contributed by atoms with E-state index in [-0.39, 0.29) is 20.8 Å². The smallest absolute Gasteiger partial charge is 0.416 e. The first-order valence-electron chi connectivity index (χ1n) is 10.3. The molecule has 11 heteroatoms. The van der Waals surface area contributed by atoms with Crippen LogP contribution in [0.5, 0.6) is 16.6 Å². The Kier molecular flexibility index (Phi) is 8.60. The predicted molar refractivity (Wildman–Crippen MR) is 134 cm³/mol. The number of carbonyl (C=O) groups excluding carboxylic acids is 2. The molecule has 1 aromatic heterocycles. The summed E-state index contributed by atoms with van der Waals surface area (Å²) >= 11 is 13.4. The van der Waals surface area contributed by atoms with Crippen LogP contribution in [0, 0.1) is 0 Å². The molecule has 0 aliphatic heterocycles. The number of amides is 2. The van der Waals surface area contributed by atoms with Gasteiger partial charge >= 0.3 is 6.09 Å². The summed E-state index contributed by atoms with van der Waals surface area (Å²) in [6.45, 7) is 4.73. The molecule has 0 atom stereocenters. The molecule has 3 rings (SSSR count). The van der Waals surface area contributed by atoms with Crippen LogP contribution >= 0.6 is 34.5 Å². The van der Waals surface area contributed by atoms with Crippen molar-refractivity contribution in [3.63, 3.8) is 0 Å². The molecule has 0 unspecified atom stereocenters. The maximum Gasteiger partial charge on any atom is 0.416 e. The van der Waals surface area contributed by atoms with Crippen LogP contribution in [0.3, 0.4) is 0 Å². The van der Waals surface area contributed by atoms with Crippen LogP contribution in [0.25, 0.3) is 0 Å². The summed E-state index contributed by atoms with van der Waals surface area (Å²) in [4.78, 5) is 33.2. The quantitative estimate of drug-likeness (QED) is 0.345. The van der Waals surface area contributed by atoms with E-state index in [9.17, 15) is 9.59 Å². The number of benzene rings is 2. The number of methoxy groups -OCH3 is 2. The fourth-order valence-electron chi connectivity index (χ4n) is 3.10. The molecule has 1 heterocycles. The second kappa shape index (κ2) is 11.4. The summed E-state index contributed by atoms with van der Waals surface area (Å²) in [5.41, 5.74) is 0.669. The Morgan fingerprint density at radius 2 is 1.71 bits per heavy atom. The second-order valence-electron chi connectivity index (χ2n) is 6.81. The topological polar surface area (TPSA) is 81.2 Å². The lowest BCUT2D eigenvalue weighted by atomic mass is 10.1. The summed E-state index contributed by atoms with van der Waals surface area (Å²) in [7, 11) is 3.02. The van der Waals surface area contributed by atoms with Crippen LogP contribution < -0.4 is 19.1 Å². The zero-order valence-corrected chi connectivity index (χ0v) is 21.3. The Morgan fingerprint density at radius 1 is 1.00 bits per heavy atom. The second-order valence-corrected chi connectivity index (χ2v) is 8.62. The molecule has 0 aliphatic rings. The average molecular weight is 524 g/mol. The minimum atomic E-state index is -0.495. The number of halogens is 2. The fourth-order valence-corrected chi connectivity index (χ4v) is 4.37. The van der Waals surface area contributed by atoms with Crippen molar-refractivity contribution in [3.05, 3.63) is 58.2 Å². The summed E-state index contributed by atoms with van der Waals surface area (Å²) < 4.78 is 16.2. The molecule has 34 heavy (non-hydrogen) atoms. The summed E-state index contributed by atoms with van der Waals surface area (Å²) in [5.74, 6) is 0.464. The van der Waals surface area contributed by atoms with Gasteiger partial charge in [-0.25, -0.2) is 9.78 Å². The maximum absolute atomic E-state index is 13.6. The minimum absolute atomic E-state index is 0.188. The first-order valence-corrected chi connectivity index (χ1v) is 11.8. The van der Waals surface area contributed by atoms with Crippen LogP contribution in [0.1, 0.15) is 24.2 Å². The van der Waals surface area contributed by atoms with E-state index in [0.29, 0.717) is 35.3 Å². The van der Waals surface area contributed by atoms with Crippen molar-refractivity contribution in [2.75, 3.05) is 32.2 Å². The SMILES string of the molecule is CCN(CC)C(=O)Oc1cnc(N(C(=O)c2ccc(Cl)cc2Cl)c2ccc(OC)c(OC)c2)s1. The number of hydrogen-bond donors (Lipinski definition) is 0. The minimum Gasteiger partial charge on any atom is -0.493 e. The Hall–Kier alpha value is -3.01. The lowest BCUT2D eigenvalue weighted by molar-refractivity contribution is 0.0999. The lowest BCUT2D eigenvalue weighted by Crippen LogP contribution is -2.32. The van der Waals surface area contributed by atoms with E-state index in [2.05, 4.69) is 4.98 Å². The van der Waals surface area contributed by atoms with Crippen molar-refractivity contribution in [2.45, 2.75) is 13.8 Å². The van der Waals surface area contributed by atoms with Crippen molar-refractivity contribution in [1.29, 1.82) is 0 Å². The molecule has 3 aromatic rings. The maximum atomic E-state index is 13.6. The van der Waals surface area contributed by atoms with Crippen LogP contribution in [-0.2, 0) is 0 Å². The van der Waals surface area contributed by atoms with E-state index in [1.165, 1.54) is 42.3 Å². The molecule has 0 spiro atoms. The van der Waals surface area contributed by atoms with E-state index in [1.807, 2.05) is 13.8 Å². The lowest BCUT2D eigenvalue weighted by Gasteiger charge is -2.22. The van der Waals surface area contributed by atoms with Crippen LogP contribution in [0.2, 0.25) is 10.0 Å². The van der Waals surface area contributed by atoms with Gasteiger partial charge in [0.05, 0.1) is 36.7 Å². The van der Waals surface area contributed by atoms with E-state index in [1.54, 1.807) is 24.3 Å². The monoisotopic (exact) mass is 523 g/mol. The average Bonchev–Trinajstić information content (AvgIpc) is 3.27. The van der Waals surface area contributed by atoms with Gasteiger partial charge in [-0.3, -0.25) is 9.69 Å². The predicted octanol–water partition coefficient (Wildman–Crippen LogP) is 6.29. The molecular weight excluding hydrogens is 501 g/mol. The van der Waals surface area contributed by atoms with Gasteiger partial charge in [-0.2, -0.15) is 0 Å². The van der Waals surface area contributed by atoms with Crippen molar-refractivity contribution >= 4 is 57.4 Å². The number of carbonyl (C=O) groups is 2. The van der Waals surface area contributed by atoms with Gasteiger partial charge in [0.2, 0.25) is 10.2 Å². The molecule has 0 radical (unpaired) electrons. The molecule has 0 bridgehead atoms. The van der Waals surface area contributed by atoms with Crippen LogP contribution in [-0.4, -0.2) is 49.2 Å². The Bertz CT molecular complexity index is 1180. The molecule has 2 aromatic carbocycles. The number of nitrogens with zero attached hydrogens (tertiary/aromatic N) is 3. The van der Waals surface area contributed by atoms with Crippen molar-refractivity contribution in [3.8, 4) is 16.6 Å². The van der Waals surface area contributed by atoms with Crippen molar-refractivity contribution in [2.24, 2.45) is 0 Å². The van der Waals surface area contributed by atoms with Crippen LogP contribution in [0.15, 0.2) is 42.6 Å². The summed E-state index contributed by atoms with van der Waals surface area (Å²) in [6, 6.07) is 9.60. The number of rotatable bonds is 8. The summed E-state index contributed by atoms with van der Waals surface area (Å²) in [5, 5.41) is 1.10. The van der Waals surface area contributed by atoms with E-state index < -0.39 is 12.0 Å². The van der Waals surface area contributed by atoms with E-state index >= 15 is 0 Å². The van der Waals surface area contributed by atoms with E-state index in [0.717, 1.165) is 11.3 Å². The molecule has 0 fully saturated rings. The highest BCUT2D eigenvalue weighted by Crippen LogP contribution is 2.39. The molecule has 0 aliphatic carbocycles. The normalized spacial score (nSPS) is 10.5. The highest BCUT2D eigenvalue weighted by atomic mass is 35.5. The van der Waals surface area contributed by atoms with Gasteiger partial charge < -0.3 is 19.1 Å². The molecule has 0 saturated carbocycles. The third kappa shape index (κ3) is 5.55. The largest absolute Gasteiger partial charge is 0.493 e. The number of aromatic nitrogens is 1. The molecule has 2 amide bonds. The van der Waals surface area contributed by atoms with Gasteiger partial charge in [-0.05, 0) is 44.2 Å². The first-order chi connectivity index (χ1) is 16.3. The van der Waals surface area contributed by atoms with Gasteiger partial charge in [0, 0.05) is 24.2 Å². The Balaban J connectivity index is 2.05. The zero-order chi connectivity index (χ0) is 24.8. The molecule has 8 nitrogen and oxygen atoms in total. The van der Waals surface area contributed by atoms with Gasteiger partial charge in [-0.1, -0.05) is 34.5 Å². The van der Waals surface area contributed by atoms with Gasteiger partial charge in [0.1, 0.15) is 0 Å². The third-order valence-electron chi connectivity index (χ3n) is 4.86. The third-order valence-corrected chi connectivity index (χ3v) is 6.27. The number of ether oxygens (including phenoxy) is 3. The zero-order valence-electron chi connectivity index (χ0n) is 19.0. The van der Waals surface area contributed by atoms with E-state index in [4.69, 9.17) is 37.4 Å². The number of hydrogen-bond acceptors (Lipinski definition) is 7. The molecule has 0 N–H and O–H groups in total. The van der Waals surface area contributed by atoms with Crippen molar-refractivity contribution < 1.29 is 23.8 Å². The Morgan fingerprint density at radius 3 is 2.32 bits per heavy atom. The molecular formula is C23H23Cl2N3O5S. The standard InChI is InChI=1S/C23H23Cl2N3O5S/c1-5-27(6-2)23(30)33-20-13-26-22(34-20)28(15-8-10-18(31-3)19(12-15)32-4)21(29)16-9-7-14(24)11-17(16)25/h7-13H,5-6H2,1-4H3. The van der Waals surface area contributed by atoms with Crippen LogP contribution in [0.4, 0.5) is 15.6 Å². The highest BCUT2D eigenvalue weighted by molar-refractivity contribution is 7.17.